The molecular formula is C36H21BN2O. The summed E-state index contributed by atoms with van der Waals surface area (Å²) in [5.41, 5.74) is 13.3. The van der Waals surface area contributed by atoms with Gasteiger partial charge < -0.3 is 13.9 Å². The van der Waals surface area contributed by atoms with E-state index in [1.165, 1.54) is 71.7 Å². The highest BCUT2D eigenvalue weighted by Crippen LogP contribution is 2.44. The maximum atomic E-state index is 6.63. The van der Waals surface area contributed by atoms with Gasteiger partial charge >= 0.3 is 0 Å². The monoisotopic (exact) mass is 508 g/mol. The van der Waals surface area contributed by atoms with E-state index < -0.39 is 0 Å². The van der Waals surface area contributed by atoms with Gasteiger partial charge in [-0.1, -0.05) is 84.9 Å². The molecule has 0 saturated heterocycles. The highest BCUT2D eigenvalue weighted by atomic mass is 16.3. The Labute approximate surface area is 230 Å². The number of benzene rings is 6. The molecule has 40 heavy (non-hydrogen) atoms. The number of furan rings is 1. The molecule has 0 spiro atoms. The summed E-state index contributed by atoms with van der Waals surface area (Å²) in [7, 11) is 0. The lowest BCUT2D eigenvalue weighted by Gasteiger charge is -2.40. The fraction of sp³-hybridized carbons (Fsp3) is 0. The van der Waals surface area contributed by atoms with Crippen LogP contribution in [0.2, 0.25) is 0 Å². The molecule has 3 nitrogen and oxygen atoms in total. The minimum absolute atomic E-state index is 0.111. The first-order chi connectivity index (χ1) is 19.9. The van der Waals surface area contributed by atoms with E-state index in [2.05, 4.69) is 137 Å². The molecule has 0 amide bonds. The average molecular weight is 508 g/mol. The summed E-state index contributed by atoms with van der Waals surface area (Å²) in [6.45, 7) is 0.111. The van der Waals surface area contributed by atoms with Crippen molar-refractivity contribution in [3.05, 3.63) is 127 Å². The molecule has 10 rings (SSSR count). The van der Waals surface area contributed by atoms with Crippen LogP contribution >= 0.6 is 0 Å². The van der Waals surface area contributed by atoms with E-state index in [1.54, 1.807) is 0 Å². The molecule has 8 aromatic rings. The summed E-state index contributed by atoms with van der Waals surface area (Å²) in [5.74, 6) is 0. The zero-order chi connectivity index (χ0) is 25.9. The second kappa shape index (κ2) is 7.25. The number of aromatic nitrogens is 1. The van der Waals surface area contributed by atoms with Gasteiger partial charge in [0.05, 0.1) is 16.4 Å². The molecule has 0 saturated carbocycles. The van der Waals surface area contributed by atoms with Crippen LogP contribution in [-0.4, -0.2) is 11.3 Å². The van der Waals surface area contributed by atoms with Crippen molar-refractivity contribution >= 4 is 83.9 Å². The quantitative estimate of drug-likeness (QED) is 0.217. The zero-order valence-electron chi connectivity index (χ0n) is 21.5. The highest BCUT2D eigenvalue weighted by molar-refractivity contribution is 7.00. The van der Waals surface area contributed by atoms with Gasteiger partial charge in [-0.05, 0) is 58.9 Å². The van der Waals surface area contributed by atoms with Gasteiger partial charge in [0.25, 0.3) is 6.71 Å². The smallest absolute Gasteiger partial charge is 0.252 e. The second-order valence-corrected chi connectivity index (χ2v) is 10.9. The van der Waals surface area contributed by atoms with Crippen LogP contribution in [0.15, 0.2) is 132 Å². The molecule has 0 unspecified atom stereocenters. The Hall–Kier alpha value is -5.22. The summed E-state index contributed by atoms with van der Waals surface area (Å²) in [5, 5.41) is 4.79. The summed E-state index contributed by atoms with van der Waals surface area (Å²) < 4.78 is 9.11. The van der Waals surface area contributed by atoms with Crippen LogP contribution in [0.5, 0.6) is 0 Å². The predicted molar refractivity (Wildman–Crippen MR) is 167 cm³/mol. The molecule has 0 radical (unpaired) electrons. The van der Waals surface area contributed by atoms with Gasteiger partial charge in [0.15, 0.2) is 0 Å². The van der Waals surface area contributed by atoms with Crippen LogP contribution in [0.1, 0.15) is 0 Å². The SMILES string of the molecule is c1ccc(N2c3ccccc3B3c4c2cccc4-n2c4ccccc4c4c5oc6ccccc6c5cc3c42)cc1. The molecule has 184 valence electrons. The average Bonchev–Trinajstić information content (AvgIpc) is 3.56. The van der Waals surface area contributed by atoms with Crippen LogP contribution in [0.3, 0.4) is 0 Å². The Morgan fingerprint density at radius 1 is 0.550 bits per heavy atom. The lowest BCUT2D eigenvalue weighted by atomic mass is 9.33. The van der Waals surface area contributed by atoms with Gasteiger partial charge in [-0.3, -0.25) is 0 Å². The zero-order valence-corrected chi connectivity index (χ0v) is 21.5. The van der Waals surface area contributed by atoms with Crippen molar-refractivity contribution < 1.29 is 4.42 Å². The van der Waals surface area contributed by atoms with Gasteiger partial charge in [-0.2, -0.15) is 0 Å². The number of hydrogen-bond donors (Lipinski definition) is 0. The van der Waals surface area contributed by atoms with Crippen LogP contribution in [0.25, 0.3) is 49.4 Å². The van der Waals surface area contributed by atoms with E-state index in [4.69, 9.17) is 4.42 Å². The lowest BCUT2D eigenvalue weighted by Crippen LogP contribution is -2.60. The van der Waals surface area contributed by atoms with Crippen molar-refractivity contribution in [2.24, 2.45) is 0 Å². The number of para-hydroxylation sites is 4. The van der Waals surface area contributed by atoms with Crippen molar-refractivity contribution in [3.8, 4) is 5.69 Å². The molecule has 0 bridgehead atoms. The van der Waals surface area contributed by atoms with Gasteiger partial charge in [0.1, 0.15) is 11.2 Å². The van der Waals surface area contributed by atoms with E-state index in [0.717, 1.165) is 11.2 Å². The minimum Gasteiger partial charge on any atom is -0.455 e. The van der Waals surface area contributed by atoms with E-state index in [0.29, 0.717) is 0 Å². The molecule has 0 aliphatic carbocycles. The molecule has 2 aliphatic heterocycles. The first-order valence-electron chi connectivity index (χ1n) is 13.8. The minimum atomic E-state index is 0.111. The first-order valence-corrected chi connectivity index (χ1v) is 13.8. The molecule has 6 aromatic carbocycles. The van der Waals surface area contributed by atoms with Crippen molar-refractivity contribution in [2.75, 3.05) is 4.90 Å². The number of fused-ring (bicyclic) bond motifs is 11. The molecule has 0 N–H and O–H groups in total. The molecule has 2 aromatic heterocycles. The van der Waals surface area contributed by atoms with E-state index in [9.17, 15) is 0 Å². The fourth-order valence-corrected chi connectivity index (χ4v) is 7.46. The summed E-state index contributed by atoms with van der Waals surface area (Å²) in [6.07, 6.45) is 0. The number of rotatable bonds is 1. The van der Waals surface area contributed by atoms with Crippen molar-refractivity contribution in [3.63, 3.8) is 0 Å². The van der Waals surface area contributed by atoms with Gasteiger partial charge in [-0.25, -0.2) is 0 Å². The summed E-state index contributed by atoms with van der Waals surface area (Å²) in [6, 6.07) is 46.1. The highest BCUT2D eigenvalue weighted by Gasteiger charge is 2.42. The van der Waals surface area contributed by atoms with Crippen LogP contribution in [0, 0.1) is 0 Å². The Kier molecular flexibility index (Phi) is 3.75. The van der Waals surface area contributed by atoms with E-state index >= 15 is 0 Å². The number of nitrogens with zero attached hydrogens (tertiary/aromatic N) is 2. The molecule has 4 heterocycles. The van der Waals surface area contributed by atoms with E-state index in [1.807, 2.05) is 0 Å². The van der Waals surface area contributed by atoms with Gasteiger partial charge in [0.2, 0.25) is 0 Å². The van der Waals surface area contributed by atoms with Crippen LogP contribution < -0.4 is 21.3 Å². The Balaban J connectivity index is 1.45. The topological polar surface area (TPSA) is 21.3 Å². The fourth-order valence-electron chi connectivity index (χ4n) is 7.46. The van der Waals surface area contributed by atoms with Crippen molar-refractivity contribution in [1.29, 1.82) is 0 Å². The molecule has 0 atom stereocenters. The normalized spacial score (nSPS) is 13.4. The third kappa shape index (κ3) is 2.39. The van der Waals surface area contributed by atoms with Crippen LogP contribution in [-0.2, 0) is 0 Å². The summed E-state index contributed by atoms with van der Waals surface area (Å²) >= 11 is 0. The third-order valence-electron chi connectivity index (χ3n) is 8.95. The predicted octanol–water partition coefficient (Wildman–Crippen LogP) is 7.30. The molecule has 2 aliphatic rings. The molecule has 0 fully saturated rings. The Bertz CT molecular complexity index is 2350. The second-order valence-electron chi connectivity index (χ2n) is 10.9. The van der Waals surface area contributed by atoms with Gasteiger partial charge in [0, 0.05) is 38.9 Å². The maximum Gasteiger partial charge on any atom is 0.252 e. The number of anilines is 3. The lowest BCUT2D eigenvalue weighted by molar-refractivity contribution is 0.673. The largest absolute Gasteiger partial charge is 0.455 e. The Morgan fingerprint density at radius 2 is 1.27 bits per heavy atom. The van der Waals surface area contributed by atoms with Crippen LogP contribution in [0.4, 0.5) is 17.1 Å². The third-order valence-corrected chi connectivity index (χ3v) is 8.95. The molecular weight excluding hydrogens is 487 g/mol. The Morgan fingerprint density at radius 3 is 2.20 bits per heavy atom. The summed E-state index contributed by atoms with van der Waals surface area (Å²) in [4.78, 5) is 2.43. The van der Waals surface area contributed by atoms with Crippen molar-refractivity contribution in [1.82, 2.24) is 4.57 Å². The van der Waals surface area contributed by atoms with E-state index in [-0.39, 0.29) is 6.71 Å². The maximum absolute atomic E-state index is 6.63. The van der Waals surface area contributed by atoms with Gasteiger partial charge in [-0.15, -0.1) is 0 Å². The standard InChI is InChI=1S/C36H21BN2O/c1-2-11-22(12-3-1)38-29-17-8-6-15-26(29)37-27-21-25-23-13-5-9-20-32(23)40-36(25)33-24-14-4-7-16-28(24)39(35(27)33)31-19-10-18-30(38)34(31)37/h1-21H. The first kappa shape index (κ1) is 20.7. The number of hydrogen-bond acceptors (Lipinski definition) is 2. The molecule has 4 heteroatoms. The van der Waals surface area contributed by atoms with Crippen molar-refractivity contribution in [2.45, 2.75) is 0 Å².